The van der Waals surface area contributed by atoms with Crippen LogP contribution in [0.2, 0.25) is 0 Å². The standard InChI is InChI=1S/C12H23NO2/c1-3-5-7-14-8-6-13-11-9-12(10-11)15-4-2/h3,11-13H,1,4-10H2,2H3. The van der Waals surface area contributed by atoms with Gasteiger partial charge in [-0.05, 0) is 26.2 Å². The van der Waals surface area contributed by atoms with Gasteiger partial charge in [-0.3, -0.25) is 0 Å². The van der Waals surface area contributed by atoms with Gasteiger partial charge in [-0.25, -0.2) is 0 Å². The van der Waals surface area contributed by atoms with Crippen LogP contribution in [-0.4, -0.2) is 38.5 Å². The highest BCUT2D eigenvalue weighted by Crippen LogP contribution is 2.22. The molecule has 1 saturated carbocycles. The van der Waals surface area contributed by atoms with E-state index in [2.05, 4.69) is 11.9 Å². The van der Waals surface area contributed by atoms with Gasteiger partial charge in [0.1, 0.15) is 0 Å². The van der Waals surface area contributed by atoms with Crippen LogP contribution in [0.5, 0.6) is 0 Å². The normalized spacial score (nSPS) is 24.9. The summed E-state index contributed by atoms with van der Waals surface area (Å²) in [4.78, 5) is 0. The minimum absolute atomic E-state index is 0.495. The fraction of sp³-hybridized carbons (Fsp3) is 0.833. The van der Waals surface area contributed by atoms with Gasteiger partial charge >= 0.3 is 0 Å². The van der Waals surface area contributed by atoms with Gasteiger partial charge in [0.15, 0.2) is 0 Å². The Morgan fingerprint density at radius 2 is 2.20 bits per heavy atom. The highest BCUT2D eigenvalue weighted by Gasteiger charge is 2.28. The van der Waals surface area contributed by atoms with Gasteiger partial charge < -0.3 is 14.8 Å². The van der Waals surface area contributed by atoms with Gasteiger partial charge in [0.05, 0.1) is 19.3 Å². The van der Waals surface area contributed by atoms with Crippen LogP contribution in [-0.2, 0) is 9.47 Å². The lowest BCUT2D eigenvalue weighted by Gasteiger charge is -2.35. The summed E-state index contributed by atoms with van der Waals surface area (Å²) >= 11 is 0. The average molecular weight is 213 g/mol. The molecule has 0 aromatic heterocycles. The summed E-state index contributed by atoms with van der Waals surface area (Å²) in [6, 6.07) is 0.643. The van der Waals surface area contributed by atoms with Crippen molar-refractivity contribution in [1.82, 2.24) is 5.32 Å². The number of hydrogen-bond donors (Lipinski definition) is 1. The molecule has 0 atom stereocenters. The first-order valence-corrected chi connectivity index (χ1v) is 5.90. The number of nitrogens with one attached hydrogen (secondary N) is 1. The second kappa shape index (κ2) is 7.85. The second-order valence-electron chi connectivity index (χ2n) is 3.89. The molecule has 0 aromatic carbocycles. The topological polar surface area (TPSA) is 30.5 Å². The minimum Gasteiger partial charge on any atom is -0.380 e. The molecule has 0 bridgehead atoms. The van der Waals surface area contributed by atoms with E-state index in [1.54, 1.807) is 0 Å². The maximum absolute atomic E-state index is 5.49. The van der Waals surface area contributed by atoms with Gasteiger partial charge in [0, 0.05) is 19.2 Å². The molecule has 0 spiro atoms. The molecule has 0 radical (unpaired) electrons. The van der Waals surface area contributed by atoms with Crippen LogP contribution >= 0.6 is 0 Å². The predicted octanol–water partition coefficient (Wildman–Crippen LogP) is 1.74. The summed E-state index contributed by atoms with van der Waals surface area (Å²) in [5, 5.41) is 3.45. The van der Waals surface area contributed by atoms with E-state index < -0.39 is 0 Å². The zero-order valence-electron chi connectivity index (χ0n) is 9.71. The molecule has 0 aliphatic heterocycles. The van der Waals surface area contributed by atoms with Crippen molar-refractivity contribution in [3.8, 4) is 0 Å². The quantitative estimate of drug-likeness (QED) is 0.467. The van der Waals surface area contributed by atoms with Gasteiger partial charge in [-0.1, -0.05) is 6.08 Å². The van der Waals surface area contributed by atoms with E-state index in [9.17, 15) is 0 Å². The van der Waals surface area contributed by atoms with Crippen molar-refractivity contribution in [1.29, 1.82) is 0 Å². The molecule has 3 heteroatoms. The Morgan fingerprint density at radius 1 is 1.40 bits per heavy atom. The van der Waals surface area contributed by atoms with Crippen molar-refractivity contribution in [2.45, 2.75) is 38.3 Å². The molecule has 1 N–H and O–H groups in total. The Bertz CT molecular complexity index is 167. The highest BCUT2D eigenvalue weighted by molar-refractivity contribution is 4.85. The molecular weight excluding hydrogens is 190 g/mol. The van der Waals surface area contributed by atoms with Crippen LogP contribution in [0.25, 0.3) is 0 Å². The monoisotopic (exact) mass is 213 g/mol. The van der Waals surface area contributed by atoms with Crippen molar-refractivity contribution in [2.24, 2.45) is 0 Å². The van der Waals surface area contributed by atoms with Crippen molar-refractivity contribution in [3.05, 3.63) is 12.7 Å². The third-order valence-electron chi connectivity index (χ3n) is 2.64. The van der Waals surface area contributed by atoms with Crippen LogP contribution in [0.3, 0.4) is 0 Å². The fourth-order valence-corrected chi connectivity index (χ4v) is 1.71. The highest BCUT2D eigenvalue weighted by atomic mass is 16.5. The molecular formula is C12H23NO2. The van der Waals surface area contributed by atoms with E-state index in [-0.39, 0.29) is 0 Å². The summed E-state index contributed by atoms with van der Waals surface area (Å²) < 4.78 is 10.9. The van der Waals surface area contributed by atoms with Crippen molar-refractivity contribution in [3.63, 3.8) is 0 Å². The van der Waals surface area contributed by atoms with Crippen molar-refractivity contribution < 1.29 is 9.47 Å². The third-order valence-corrected chi connectivity index (χ3v) is 2.64. The largest absolute Gasteiger partial charge is 0.380 e. The Kier molecular flexibility index (Phi) is 6.64. The average Bonchev–Trinajstić information content (AvgIpc) is 2.19. The zero-order chi connectivity index (χ0) is 10.9. The molecule has 1 aliphatic carbocycles. The van der Waals surface area contributed by atoms with E-state index in [4.69, 9.17) is 9.47 Å². The second-order valence-corrected chi connectivity index (χ2v) is 3.89. The Morgan fingerprint density at radius 3 is 2.87 bits per heavy atom. The van der Waals surface area contributed by atoms with Crippen molar-refractivity contribution in [2.75, 3.05) is 26.4 Å². The van der Waals surface area contributed by atoms with Crippen LogP contribution in [0, 0.1) is 0 Å². The molecule has 0 heterocycles. The zero-order valence-corrected chi connectivity index (χ0v) is 9.71. The first-order valence-electron chi connectivity index (χ1n) is 5.90. The molecule has 0 unspecified atom stereocenters. The first kappa shape index (κ1) is 12.7. The molecule has 3 nitrogen and oxygen atoms in total. The molecule has 1 aliphatic rings. The first-order chi connectivity index (χ1) is 7.36. The maximum Gasteiger partial charge on any atom is 0.0604 e. The molecule has 0 saturated heterocycles. The predicted molar refractivity (Wildman–Crippen MR) is 62.1 cm³/mol. The molecule has 15 heavy (non-hydrogen) atoms. The Labute approximate surface area is 92.8 Å². The summed E-state index contributed by atoms with van der Waals surface area (Å²) in [6.45, 7) is 9.06. The lowest BCUT2D eigenvalue weighted by atomic mass is 9.89. The van der Waals surface area contributed by atoms with Gasteiger partial charge in [-0.15, -0.1) is 6.58 Å². The molecule has 1 fully saturated rings. The van der Waals surface area contributed by atoms with Gasteiger partial charge in [0.25, 0.3) is 0 Å². The van der Waals surface area contributed by atoms with E-state index >= 15 is 0 Å². The summed E-state index contributed by atoms with van der Waals surface area (Å²) in [5.41, 5.74) is 0. The van der Waals surface area contributed by atoms with E-state index in [1.807, 2.05) is 13.0 Å². The smallest absolute Gasteiger partial charge is 0.0604 e. The molecule has 0 aromatic rings. The van der Waals surface area contributed by atoms with E-state index in [1.165, 1.54) is 0 Å². The molecule has 88 valence electrons. The number of hydrogen-bond acceptors (Lipinski definition) is 3. The Balaban J connectivity index is 1.80. The Hall–Kier alpha value is -0.380. The van der Waals surface area contributed by atoms with Crippen LogP contribution < -0.4 is 5.32 Å². The maximum atomic E-state index is 5.49. The number of rotatable bonds is 9. The van der Waals surface area contributed by atoms with Gasteiger partial charge in [0.2, 0.25) is 0 Å². The third kappa shape index (κ3) is 5.30. The number of ether oxygens (including phenoxy) is 2. The van der Waals surface area contributed by atoms with Crippen LogP contribution in [0.1, 0.15) is 26.2 Å². The summed E-state index contributed by atoms with van der Waals surface area (Å²) in [6.07, 6.45) is 5.62. The van der Waals surface area contributed by atoms with Gasteiger partial charge in [-0.2, -0.15) is 0 Å². The van der Waals surface area contributed by atoms with Crippen molar-refractivity contribution >= 4 is 0 Å². The van der Waals surface area contributed by atoms with E-state index in [0.29, 0.717) is 12.1 Å². The SMILES string of the molecule is C=CCCOCCNC1CC(OCC)C1. The van der Waals surface area contributed by atoms with E-state index in [0.717, 1.165) is 45.6 Å². The lowest BCUT2D eigenvalue weighted by Crippen LogP contribution is -2.46. The summed E-state index contributed by atoms with van der Waals surface area (Å²) in [7, 11) is 0. The molecule has 0 amide bonds. The summed E-state index contributed by atoms with van der Waals surface area (Å²) in [5.74, 6) is 0. The van der Waals surface area contributed by atoms with Crippen LogP contribution in [0.4, 0.5) is 0 Å². The minimum atomic E-state index is 0.495. The van der Waals surface area contributed by atoms with Crippen LogP contribution in [0.15, 0.2) is 12.7 Å². The lowest BCUT2D eigenvalue weighted by molar-refractivity contribution is -0.0113. The fourth-order valence-electron chi connectivity index (χ4n) is 1.71. The molecule has 1 rings (SSSR count).